The molecule has 8 nitrogen and oxygen atoms in total. The van der Waals surface area contributed by atoms with Gasteiger partial charge in [-0.1, -0.05) is 6.42 Å². The van der Waals surface area contributed by atoms with E-state index in [0.29, 0.717) is 31.4 Å². The van der Waals surface area contributed by atoms with Crippen LogP contribution in [0.2, 0.25) is 0 Å². The predicted molar refractivity (Wildman–Crippen MR) is 105 cm³/mol. The fraction of sp³-hybridized carbons (Fsp3) is 0.667. The molecule has 0 bridgehead atoms. The molecule has 9 heteroatoms. The summed E-state index contributed by atoms with van der Waals surface area (Å²) >= 11 is 0. The van der Waals surface area contributed by atoms with Crippen molar-refractivity contribution >= 4 is 21.4 Å². The van der Waals surface area contributed by atoms with Gasteiger partial charge in [0, 0.05) is 38.3 Å². The number of nitro benzene ring substituents is 1. The fourth-order valence-corrected chi connectivity index (χ4v) is 5.46. The van der Waals surface area contributed by atoms with Gasteiger partial charge in [-0.2, -0.15) is 4.31 Å². The number of sulfonamides is 1. The summed E-state index contributed by atoms with van der Waals surface area (Å²) < 4.78 is 27.2. The van der Waals surface area contributed by atoms with E-state index in [1.807, 2.05) is 19.0 Å². The summed E-state index contributed by atoms with van der Waals surface area (Å²) in [7, 11) is 0.334. The molecule has 2 aliphatic rings. The second-order valence-corrected chi connectivity index (χ2v) is 9.52. The molecule has 27 heavy (non-hydrogen) atoms. The highest BCUT2D eigenvalue weighted by Gasteiger charge is 2.31. The molecule has 2 fully saturated rings. The van der Waals surface area contributed by atoms with E-state index in [-0.39, 0.29) is 10.6 Å². The molecule has 0 radical (unpaired) electrons. The number of nitrogens with zero attached hydrogens (tertiary/aromatic N) is 4. The largest absolute Gasteiger partial charge is 0.364 e. The van der Waals surface area contributed by atoms with Gasteiger partial charge in [-0.3, -0.25) is 10.1 Å². The molecule has 0 N–H and O–H groups in total. The molecular weight excluding hydrogens is 368 g/mol. The lowest BCUT2D eigenvalue weighted by molar-refractivity contribution is -0.384. The second kappa shape index (κ2) is 8.12. The Morgan fingerprint density at radius 3 is 2.44 bits per heavy atom. The molecule has 1 unspecified atom stereocenters. The standard InChI is InChI=1S/C18H28N4O4S/c1-19(2)15-7-6-10-20(14-15)17-9-8-16(13-18(17)22(23)24)27(25,26)21-11-4-3-5-12-21/h8-9,13,15H,3-7,10-12,14H2,1-2H3. The maximum atomic E-state index is 12.9. The van der Waals surface area contributed by atoms with E-state index in [4.69, 9.17) is 0 Å². The van der Waals surface area contributed by atoms with Crippen LogP contribution in [0.3, 0.4) is 0 Å². The molecule has 0 amide bonds. The van der Waals surface area contributed by atoms with E-state index in [2.05, 4.69) is 4.90 Å². The van der Waals surface area contributed by atoms with Gasteiger partial charge in [0.1, 0.15) is 5.69 Å². The molecule has 1 aromatic rings. The molecular formula is C18H28N4O4S. The van der Waals surface area contributed by atoms with Gasteiger partial charge in [0.2, 0.25) is 10.0 Å². The van der Waals surface area contributed by atoms with Gasteiger partial charge in [0.15, 0.2) is 0 Å². The number of hydrogen-bond donors (Lipinski definition) is 0. The fourth-order valence-electron chi connectivity index (χ4n) is 3.93. The van der Waals surface area contributed by atoms with Crippen LogP contribution in [0.15, 0.2) is 23.1 Å². The minimum Gasteiger partial charge on any atom is -0.364 e. The number of piperidine rings is 2. The van der Waals surface area contributed by atoms with E-state index in [1.54, 1.807) is 6.07 Å². The highest BCUT2D eigenvalue weighted by atomic mass is 32.2. The minimum atomic E-state index is -3.69. The molecule has 1 aromatic carbocycles. The lowest BCUT2D eigenvalue weighted by atomic mass is 10.0. The van der Waals surface area contributed by atoms with Crippen molar-refractivity contribution in [3.63, 3.8) is 0 Å². The summed E-state index contributed by atoms with van der Waals surface area (Å²) in [6.07, 6.45) is 4.69. The van der Waals surface area contributed by atoms with Crippen LogP contribution in [0.25, 0.3) is 0 Å². The highest BCUT2D eigenvalue weighted by Crippen LogP contribution is 2.34. The predicted octanol–water partition coefficient (Wildman–Crippen LogP) is 2.30. The number of benzene rings is 1. The van der Waals surface area contributed by atoms with Gasteiger partial charge in [-0.25, -0.2) is 8.42 Å². The number of likely N-dealkylation sites (N-methyl/N-ethyl adjacent to an activating group) is 1. The first kappa shape index (κ1) is 20.0. The third-order valence-corrected chi connectivity index (χ3v) is 7.46. The Morgan fingerprint density at radius 2 is 1.81 bits per heavy atom. The van der Waals surface area contributed by atoms with Crippen molar-refractivity contribution < 1.29 is 13.3 Å². The molecule has 0 saturated carbocycles. The molecule has 3 rings (SSSR count). The maximum Gasteiger partial charge on any atom is 0.293 e. The Balaban J connectivity index is 1.92. The molecule has 0 aliphatic carbocycles. The van der Waals surface area contributed by atoms with E-state index in [9.17, 15) is 18.5 Å². The van der Waals surface area contributed by atoms with Crippen molar-refractivity contribution in [3.05, 3.63) is 28.3 Å². The Hall–Kier alpha value is -1.71. The number of nitro groups is 1. The lowest BCUT2D eigenvalue weighted by Crippen LogP contribution is -2.45. The van der Waals surface area contributed by atoms with Crippen LogP contribution < -0.4 is 4.90 Å². The van der Waals surface area contributed by atoms with Crippen molar-refractivity contribution in [2.24, 2.45) is 0 Å². The average Bonchev–Trinajstić information content (AvgIpc) is 2.68. The summed E-state index contributed by atoms with van der Waals surface area (Å²) in [6, 6.07) is 4.69. The Bertz CT molecular complexity index is 791. The quantitative estimate of drug-likeness (QED) is 0.561. The van der Waals surface area contributed by atoms with Crippen molar-refractivity contribution in [1.29, 1.82) is 0 Å². The summed E-state index contributed by atoms with van der Waals surface area (Å²) in [5, 5.41) is 11.7. The molecule has 0 aromatic heterocycles. The Labute approximate surface area is 160 Å². The van der Waals surface area contributed by atoms with Gasteiger partial charge >= 0.3 is 0 Å². The Morgan fingerprint density at radius 1 is 1.11 bits per heavy atom. The van der Waals surface area contributed by atoms with Crippen molar-refractivity contribution in [2.45, 2.75) is 43.0 Å². The first-order valence-corrected chi connectivity index (χ1v) is 10.9. The highest BCUT2D eigenvalue weighted by molar-refractivity contribution is 7.89. The van der Waals surface area contributed by atoms with E-state index in [1.165, 1.54) is 16.4 Å². The van der Waals surface area contributed by atoms with E-state index >= 15 is 0 Å². The van der Waals surface area contributed by atoms with Crippen LogP contribution in [0.4, 0.5) is 11.4 Å². The summed E-state index contributed by atoms with van der Waals surface area (Å²) in [5.74, 6) is 0. The zero-order chi connectivity index (χ0) is 19.6. The van der Waals surface area contributed by atoms with Crippen molar-refractivity contribution in [3.8, 4) is 0 Å². The third kappa shape index (κ3) is 4.25. The topological polar surface area (TPSA) is 87.0 Å². The molecule has 150 valence electrons. The molecule has 0 spiro atoms. The van der Waals surface area contributed by atoms with Crippen LogP contribution in [0.5, 0.6) is 0 Å². The maximum absolute atomic E-state index is 12.9. The zero-order valence-electron chi connectivity index (χ0n) is 16.0. The smallest absolute Gasteiger partial charge is 0.293 e. The molecule has 2 heterocycles. The van der Waals surface area contributed by atoms with Crippen LogP contribution in [-0.2, 0) is 10.0 Å². The number of anilines is 1. The van der Waals surface area contributed by atoms with Gasteiger partial charge < -0.3 is 9.80 Å². The third-order valence-electron chi connectivity index (χ3n) is 5.56. The molecule has 2 aliphatic heterocycles. The number of hydrogen-bond acceptors (Lipinski definition) is 6. The van der Waals surface area contributed by atoms with E-state index in [0.717, 1.165) is 38.6 Å². The van der Waals surface area contributed by atoms with E-state index < -0.39 is 14.9 Å². The second-order valence-electron chi connectivity index (χ2n) is 7.58. The van der Waals surface area contributed by atoms with Gasteiger partial charge in [-0.05, 0) is 51.9 Å². The van der Waals surface area contributed by atoms with Crippen molar-refractivity contribution in [2.75, 3.05) is 45.2 Å². The molecule has 2 saturated heterocycles. The summed E-state index contributed by atoms with van der Waals surface area (Å²) in [6.45, 7) is 2.40. The van der Waals surface area contributed by atoms with Crippen LogP contribution in [-0.4, -0.2) is 68.9 Å². The van der Waals surface area contributed by atoms with Crippen LogP contribution >= 0.6 is 0 Å². The molecule has 1 atom stereocenters. The van der Waals surface area contributed by atoms with Crippen LogP contribution in [0, 0.1) is 10.1 Å². The van der Waals surface area contributed by atoms with Gasteiger partial charge in [-0.15, -0.1) is 0 Å². The normalized spacial score (nSPS) is 22.2. The Kier molecular flexibility index (Phi) is 6.02. The monoisotopic (exact) mass is 396 g/mol. The van der Waals surface area contributed by atoms with Crippen LogP contribution in [0.1, 0.15) is 32.1 Å². The minimum absolute atomic E-state index is 0.0148. The number of rotatable bonds is 5. The van der Waals surface area contributed by atoms with Gasteiger partial charge in [0.05, 0.1) is 9.82 Å². The lowest BCUT2D eigenvalue weighted by Gasteiger charge is -2.37. The summed E-state index contributed by atoms with van der Waals surface area (Å²) in [4.78, 5) is 15.4. The zero-order valence-corrected chi connectivity index (χ0v) is 16.8. The van der Waals surface area contributed by atoms with Gasteiger partial charge in [0.25, 0.3) is 5.69 Å². The SMILES string of the molecule is CN(C)C1CCCN(c2ccc(S(=O)(=O)N3CCCCC3)cc2[N+](=O)[O-])C1. The first-order chi connectivity index (χ1) is 12.8. The average molecular weight is 397 g/mol. The summed E-state index contributed by atoms with van der Waals surface area (Å²) in [5.41, 5.74) is 0.372. The van der Waals surface area contributed by atoms with Crippen molar-refractivity contribution in [1.82, 2.24) is 9.21 Å². The first-order valence-electron chi connectivity index (χ1n) is 9.50.